The van der Waals surface area contributed by atoms with Crippen molar-refractivity contribution in [3.63, 3.8) is 0 Å². The van der Waals surface area contributed by atoms with Crippen LogP contribution < -0.4 is 23.5 Å². The molecule has 4 heterocycles. The zero-order valence-corrected chi connectivity index (χ0v) is 33.8. The molecule has 0 amide bonds. The molecule has 10 heteroatoms. The van der Waals surface area contributed by atoms with Crippen LogP contribution in [0.1, 0.15) is 35.1 Å². The van der Waals surface area contributed by atoms with Gasteiger partial charge >= 0.3 is 0 Å². The fourth-order valence-corrected chi connectivity index (χ4v) is 8.12. The van der Waals surface area contributed by atoms with Crippen molar-refractivity contribution >= 4 is 57.3 Å². The molecule has 4 aromatic heterocycles. The summed E-state index contributed by atoms with van der Waals surface area (Å²) in [6.45, 7) is 5.07. The fraction of sp³-hybridized carbons (Fsp3) is 0.295. The summed E-state index contributed by atoms with van der Waals surface area (Å²) in [4.78, 5) is 4.68. The highest BCUT2D eigenvalue weighted by Gasteiger charge is 2.09. The predicted octanol–water partition coefficient (Wildman–Crippen LogP) is 7.46. The number of benzene rings is 2. The van der Waals surface area contributed by atoms with Gasteiger partial charge in [-0.15, -0.1) is 0 Å². The molecule has 0 spiro atoms. The summed E-state index contributed by atoms with van der Waals surface area (Å²) in [6.07, 6.45) is 32.4. The van der Waals surface area contributed by atoms with E-state index in [0.29, 0.717) is 0 Å². The quantitative estimate of drug-likeness (QED) is 0.0460. The molecule has 0 bridgehead atoms. The van der Waals surface area contributed by atoms with E-state index < -0.39 is 0 Å². The highest BCUT2D eigenvalue weighted by molar-refractivity contribution is 8.76. The first-order valence-corrected chi connectivity index (χ1v) is 21.2. The Bertz CT molecular complexity index is 2060. The Balaban J connectivity index is 0.814. The number of aryl methyl sites for hydroxylation is 5. The van der Waals surface area contributed by atoms with Crippen molar-refractivity contribution in [2.75, 3.05) is 42.7 Å². The Morgan fingerprint density at radius 2 is 1.15 bits per heavy atom. The molecule has 0 saturated heterocycles. The second-order valence-electron chi connectivity index (χ2n) is 13.9. The molecule has 280 valence electrons. The molecule has 0 N–H and O–H groups in total. The topological polar surface area (TPSA) is 32.9 Å². The van der Waals surface area contributed by atoms with Gasteiger partial charge in [0.2, 0.25) is 12.7 Å². The molecule has 0 radical (unpaired) electrons. The van der Waals surface area contributed by atoms with Gasteiger partial charge in [-0.25, -0.2) is 22.8 Å². The van der Waals surface area contributed by atoms with E-state index in [1.807, 2.05) is 40.3 Å². The second kappa shape index (κ2) is 19.9. The Morgan fingerprint density at radius 1 is 0.593 bits per heavy atom. The van der Waals surface area contributed by atoms with Crippen molar-refractivity contribution in [3.8, 4) is 0 Å². The fourth-order valence-electron chi connectivity index (χ4n) is 6.20. The van der Waals surface area contributed by atoms with Crippen molar-refractivity contribution in [2.24, 2.45) is 14.1 Å². The molecular weight excluding hydrogens is 705 g/mol. The Hall–Kier alpha value is -4.93. The van der Waals surface area contributed by atoms with Crippen molar-refractivity contribution in [1.29, 1.82) is 0 Å². The van der Waals surface area contributed by atoms with Gasteiger partial charge in [-0.3, -0.25) is 0 Å². The molecule has 0 aliphatic rings. The minimum Gasteiger partial charge on any atom is -0.374 e. The number of imidazole rings is 2. The van der Waals surface area contributed by atoms with E-state index in [1.165, 1.54) is 33.6 Å². The summed E-state index contributed by atoms with van der Waals surface area (Å²) in [7, 11) is 12.3. The lowest BCUT2D eigenvalue weighted by atomic mass is 10.1. The zero-order chi connectivity index (χ0) is 37.5. The van der Waals surface area contributed by atoms with Gasteiger partial charge < -0.3 is 14.4 Å². The largest absolute Gasteiger partial charge is 0.374 e. The summed E-state index contributed by atoms with van der Waals surface area (Å²) in [6, 6.07) is 24.0. The zero-order valence-electron chi connectivity index (χ0n) is 32.2. The minimum absolute atomic E-state index is 0.952. The maximum Gasteiger partial charge on any atom is 0.244 e. The lowest BCUT2D eigenvalue weighted by Crippen LogP contribution is -2.33. The number of anilines is 2. The number of hydrogen-bond donors (Lipinski definition) is 0. The van der Waals surface area contributed by atoms with E-state index in [9.17, 15) is 0 Å². The first kappa shape index (κ1) is 38.8. The van der Waals surface area contributed by atoms with E-state index in [4.69, 9.17) is 0 Å². The first-order chi connectivity index (χ1) is 26.4. The molecule has 0 atom stereocenters. The summed E-state index contributed by atoms with van der Waals surface area (Å²) in [5, 5.41) is 0. The standard InChI is InChI=1S/C44H55N8S2/c1-45-26-19-41(20-27-45)8-7-39-11-15-43(16-12-39)47(3)22-5-24-49-29-30-51(36-49)33-34-53-54-38-52-32-31-50(37-52)25-6-23-48(4)44-17-13-40(14-18-44)9-10-42-21-28-46(2)35-42/h7-21,26-32,35-37H,5-6,22-25,33-34,38H2,1-4H3/q+3/b10-9+. The average molecular weight is 760 g/mol. The third-order valence-electron chi connectivity index (χ3n) is 9.49. The van der Waals surface area contributed by atoms with Crippen LogP contribution in [0, 0.1) is 0 Å². The van der Waals surface area contributed by atoms with E-state index in [2.05, 4.69) is 200 Å². The van der Waals surface area contributed by atoms with Crippen LogP contribution in [-0.2, 0) is 39.6 Å². The molecular formula is C44H55N8S2+3. The minimum atomic E-state index is 0.952. The number of nitrogens with zero attached hydrogens (tertiary/aromatic N) is 8. The third-order valence-corrected chi connectivity index (χ3v) is 11.7. The van der Waals surface area contributed by atoms with Gasteiger partial charge in [0.15, 0.2) is 12.4 Å². The average Bonchev–Trinajstić information content (AvgIpc) is 3.95. The summed E-state index contributed by atoms with van der Waals surface area (Å²) in [5.41, 5.74) is 7.35. The third kappa shape index (κ3) is 12.3. The van der Waals surface area contributed by atoms with Gasteiger partial charge in [0.05, 0.1) is 19.6 Å². The van der Waals surface area contributed by atoms with E-state index >= 15 is 0 Å². The molecule has 0 aliphatic heterocycles. The number of rotatable bonds is 20. The van der Waals surface area contributed by atoms with E-state index in [0.717, 1.165) is 57.2 Å². The van der Waals surface area contributed by atoms with Crippen molar-refractivity contribution in [1.82, 2.24) is 13.7 Å². The Kier molecular flexibility index (Phi) is 14.3. The van der Waals surface area contributed by atoms with Crippen LogP contribution in [0.15, 0.2) is 129 Å². The Morgan fingerprint density at radius 3 is 1.78 bits per heavy atom. The molecule has 0 fully saturated rings. The normalized spacial score (nSPS) is 11.6. The van der Waals surface area contributed by atoms with Gasteiger partial charge in [0.25, 0.3) is 0 Å². The lowest BCUT2D eigenvalue weighted by Gasteiger charge is -2.18. The van der Waals surface area contributed by atoms with Crippen LogP contribution in [-0.4, -0.2) is 46.6 Å². The van der Waals surface area contributed by atoms with Crippen LogP contribution in [0.25, 0.3) is 24.3 Å². The van der Waals surface area contributed by atoms with E-state index in [1.54, 1.807) is 0 Å². The van der Waals surface area contributed by atoms with Gasteiger partial charge in [-0.05, 0) is 63.4 Å². The SMILES string of the molecule is CN(CCCn1cc[n+](CSSCCn2cc[n+](CCCN(C)c3ccc(/C=C/c4cc[n+](C)cc4)cc3)c2)c1)c1ccc(/C=C/c2ccn(C)c2)cc1. The van der Waals surface area contributed by atoms with Crippen LogP contribution in [0.4, 0.5) is 11.4 Å². The number of pyridine rings is 1. The van der Waals surface area contributed by atoms with Crippen LogP contribution >= 0.6 is 21.6 Å². The van der Waals surface area contributed by atoms with Gasteiger partial charge in [-0.1, -0.05) is 59.4 Å². The number of aromatic nitrogens is 6. The molecule has 54 heavy (non-hydrogen) atoms. The maximum atomic E-state index is 2.34. The molecule has 0 aliphatic carbocycles. The van der Waals surface area contributed by atoms with Crippen LogP contribution in [0.2, 0.25) is 0 Å². The lowest BCUT2D eigenvalue weighted by molar-refractivity contribution is -0.696. The molecule has 0 unspecified atom stereocenters. The number of hydrogen-bond acceptors (Lipinski definition) is 4. The molecule has 2 aromatic carbocycles. The summed E-state index contributed by atoms with van der Waals surface area (Å²) >= 11 is 0. The maximum absolute atomic E-state index is 2.34. The van der Waals surface area contributed by atoms with Gasteiger partial charge in [0, 0.05) is 88.7 Å². The molecule has 6 rings (SSSR count). The van der Waals surface area contributed by atoms with Crippen molar-refractivity contribution in [2.45, 2.75) is 38.4 Å². The molecule has 8 nitrogen and oxygen atoms in total. The second-order valence-corrected chi connectivity index (χ2v) is 16.5. The van der Waals surface area contributed by atoms with E-state index in [-0.39, 0.29) is 0 Å². The highest BCUT2D eigenvalue weighted by atomic mass is 33.1. The van der Waals surface area contributed by atoms with Crippen LogP contribution in [0.5, 0.6) is 0 Å². The summed E-state index contributed by atoms with van der Waals surface area (Å²) in [5.74, 6) is 2.03. The molecule has 6 aromatic rings. The summed E-state index contributed by atoms with van der Waals surface area (Å²) < 4.78 is 13.3. The highest BCUT2D eigenvalue weighted by Crippen LogP contribution is 2.21. The van der Waals surface area contributed by atoms with Crippen molar-refractivity contribution in [3.05, 3.63) is 151 Å². The van der Waals surface area contributed by atoms with Crippen molar-refractivity contribution < 1.29 is 13.7 Å². The monoisotopic (exact) mass is 759 g/mol. The predicted molar refractivity (Wildman–Crippen MR) is 229 cm³/mol. The van der Waals surface area contributed by atoms with Gasteiger partial charge in [0.1, 0.15) is 37.7 Å². The van der Waals surface area contributed by atoms with Crippen LogP contribution in [0.3, 0.4) is 0 Å². The Labute approximate surface area is 329 Å². The van der Waals surface area contributed by atoms with Gasteiger partial charge in [-0.2, -0.15) is 0 Å². The molecule has 0 saturated carbocycles. The first-order valence-electron chi connectivity index (χ1n) is 18.8. The smallest absolute Gasteiger partial charge is 0.244 e.